The van der Waals surface area contributed by atoms with E-state index < -0.39 is 17.6 Å². The van der Waals surface area contributed by atoms with E-state index >= 15 is 0 Å². The molecule has 0 radical (unpaired) electrons. The van der Waals surface area contributed by atoms with Gasteiger partial charge in [-0.05, 0) is 24.1 Å². The van der Waals surface area contributed by atoms with Crippen molar-refractivity contribution in [3.05, 3.63) is 35.1 Å². The average molecular weight is 279 g/mol. The van der Waals surface area contributed by atoms with Gasteiger partial charge >= 0.3 is 6.09 Å². The number of hydrogen-bond acceptors (Lipinski definition) is 3. The lowest BCUT2D eigenvalue weighted by atomic mass is 9.93. The summed E-state index contributed by atoms with van der Waals surface area (Å²) in [4.78, 5) is 25.3. The highest BCUT2D eigenvalue weighted by Crippen LogP contribution is 2.32. The number of halogens is 1. The van der Waals surface area contributed by atoms with Gasteiger partial charge in [-0.1, -0.05) is 32.9 Å². The third kappa shape index (κ3) is 2.53. The maximum absolute atomic E-state index is 13.3. The highest BCUT2D eigenvalue weighted by atomic mass is 19.1. The molecule has 0 spiro atoms. The second-order valence-electron chi connectivity index (χ2n) is 6.03. The standard InChI is InChI=1S/C15H18FNO3/c1-9-7-10(5-6-11(9)16)12-8-20-14(19)17(12)13(18)15(2,3)4/h5-7,12H,8H2,1-4H3/t12-/m1/s1. The molecular formula is C15H18FNO3. The molecule has 5 heteroatoms. The van der Waals surface area contributed by atoms with E-state index in [2.05, 4.69) is 0 Å². The normalized spacial score (nSPS) is 19.1. The molecule has 1 heterocycles. The zero-order chi connectivity index (χ0) is 15.1. The van der Waals surface area contributed by atoms with Gasteiger partial charge < -0.3 is 4.74 Å². The van der Waals surface area contributed by atoms with E-state index in [0.29, 0.717) is 11.1 Å². The molecule has 108 valence electrons. The minimum atomic E-state index is -0.684. The molecule has 1 atom stereocenters. The Kier molecular flexibility index (Phi) is 3.54. The second-order valence-corrected chi connectivity index (χ2v) is 6.03. The van der Waals surface area contributed by atoms with Crippen LogP contribution in [0.4, 0.5) is 9.18 Å². The summed E-state index contributed by atoms with van der Waals surface area (Å²) in [6.45, 7) is 6.98. The van der Waals surface area contributed by atoms with Crippen LogP contribution in [-0.4, -0.2) is 23.5 Å². The SMILES string of the molecule is Cc1cc([C@H]2COC(=O)N2C(=O)C(C)(C)C)ccc1F. The van der Waals surface area contributed by atoms with Crippen molar-refractivity contribution in [2.24, 2.45) is 5.41 Å². The van der Waals surface area contributed by atoms with Crippen molar-refractivity contribution in [1.82, 2.24) is 4.90 Å². The Hall–Kier alpha value is -1.91. The fraction of sp³-hybridized carbons (Fsp3) is 0.467. The molecule has 0 saturated carbocycles. The van der Waals surface area contributed by atoms with Gasteiger partial charge in [-0.15, -0.1) is 0 Å². The van der Waals surface area contributed by atoms with E-state index in [-0.39, 0.29) is 18.3 Å². The quantitative estimate of drug-likeness (QED) is 0.793. The Bertz CT molecular complexity index is 563. The number of aryl methyl sites for hydroxylation is 1. The van der Waals surface area contributed by atoms with Crippen LogP contribution < -0.4 is 0 Å². The lowest BCUT2D eigenvalue weighted by Gasteiger charge is -2.27. The van der Waals surface area contributed by atoms with Crippen molar-refractivity contribution in [1.29, 1.82) is 0 Å². The van der Waals surface area contributed by atoms with Crippen molar-refractivity contribution < 1.29 is 18.7 Å². The smallest absolute Gasteiger partial charge is 0.417 e. The predicted molar refractivity (Wildman–Crippen MR) is 71.5 cm³/mol. The Labute approximate surface area is 117 Å². The highest BCUT2D eigenvalue weighted by molar-refractivity contribution is 5.96. The van der Waals surface area contributed by atoms with E-state index in [1.165, 1.54) is 6.07 Å². The second kappa shape index (κ2) is 4.89. The van der Waals surface area contributed by atoms with Gasteiger partial charge in [-0.25, -0.2) is 14.1 Å². The van der Waals surface area contributed by atoms with Crippen molar-refractivity contribution in [3.63, 3.8) is 0 Å². The maximum atomic E-state index is 13.3. The van der Waals surface area contributed by atoms with Gasteiger partial charge in [0.05, 0.1) is 0 Å². The number of ether oxygens (including phenoxy) is 1. The minimum absolute atomic E-state index is 0.103. The molecule has 1 aromatic rings. The van der Waals surface area contributed by atoms with Gasteiger partial charge in [0.15, 0.2) is 0 Å². The summed E-state index contributed by atoms with van der Waals surface area (Å²) in [6.07, 6.45) is -0.642. The first kappa shape index (κ1) is 14.5. The maximum Gasteiger partial charge on any atom is 0.417 e. The molecule has 1 aromatic carbocycles. The van der Waals surface area contributed by atoms with Crippen LogP contribution >= 0.6 is 0 Å². The van der Waals surface area contributed by atoms with E-state index in [1.54, 1.807) is 39.8 Å². The predicted octanol–water partition coefficient (Wildman–Crippen LogP) is 3.20. The molecule has 1 aliphatic rings. The number of carbonyl (C=O) groups is 2. The molecule has 0 aromatic heterocycles. The van der Waals surface area contributed by atoms with Gasteiger partial charge in [0.25, 0.3) is 0 Å². The summed E-state index contributed by atoms with van der Waals surface area (Å²) in [6, 6.07) is 4.07. The van der Waals surface area contributed by atoms with Gasteiger partial charge in [0.2, 0.25) is 5.91 Å². The summed E-state index contributed by atoms with van der Waals surface area (Å²) in [5.41, 5.74) is 0.494. The van der Waals surface area contributed by atoms with Crippen molar-refractivity contribution >= 4 is 12.0 Å². The largest absolute Gasteiger partial charge is 0.446 e. The van der Waals surface area contributed by atoms with Gasteiger partial charge in [-0.2, -0.15) is 0 Å². The summed E-state index contributed by atoms with van der Waals surface area (Å²) in [7, 11) is 0. The molecular weight excluding hydrogens is 261 g/mol. The first-order valence-electron chi connectivity index (χ1n) is 6.48. The number of cyclic esters (lactones) is 1. The summed E-state index contributed by atoms with van der Waals surface area (Å²) >= 11 is 0. The zero-order valence-electron chi connectivity index (χ0n) is 12.1. The molecule has 0 aliphatic carbocycles. The zero-order valence-corrected chi connectivity index (χ0v) is 12.1. The fourth-order valence-electron chi connectivity index (χ4n) is 2.13. The van der Waals surface area contributed by atoms with E-state index in [1.807, 2.05) is 0 Å². The summed E-state index contributed by atoms with van der Waals surface area (Å²) in [5.74, 6) is -0.611. The molecule has 1 saturated heterocycles. The molecule has 20 heavy (non-hydrogen) atoms. The number of amides is 2. The molecule has 4 nitrogen and oxygen atoms in total. The van der Waals surface area contributed by atoms with E-state index in [4.69, 9.17) is 4.74 Å². The Morgan fingerprint density at radius 3 is 2.60 bits per heavy atom. The van der Waals surface area contributed by atoms with E-state index in [9.17, 15) is 14.0 Å². The van der Waals surface area contributed by atoms with Crippen LogP contribution in [0.15, 0.2) is 18.2 Å². The molecule has 1 aliphatic heterocycles. The molecule has 0 unspecified atom stereocenters. The van der Waals surface area contributed by atoms with Crippen molar-refractivity contribution in [2.75, 3.05) is 6.61 Å². The molecule has 0 bridgehead atoms. The Balaban J connectivity index is 2.37. The fourth-order valence-corrected chi connectivity index (χ4v) is 2.13. The number of imide groups is 1. The number of benzene rings is 1. The minimum Gasteiger partial charge on any atom is -0.446 e. The van der Waals surface area contributed by atoms with Crippen LogP contribution in [0.3, 0.4) is 0 Å². The van der Waals surface area contributed by atoms with Crippen LogP contribution in [0.1, 0.15) is 37.9 Å². The summed E-state index contributed by atoms with van der Waals surface area (Å²) < 4.78 is 18.3. The van der Waals surface area contributed by atoms with Crippen LogP contribution in [-0.2, 0) is 9.53 Å². The topological polar surface area (TPSA) is 46.6 Å². The molecule has 2 amide bonds. The van der Waals surface area contributed by atoms with Crippen molar-refractivity contribution in [3.8, 4) is 0 Å². The number of carbonyl (C=O) groups excluding carboxylic acids is 2. The first-order valence-corrected chi connectivity index (χ1v) is 6.48. The van der Waals surface area contributed by atoms with Crippen LogP contribution in [0.5, 0.6) is 0 Å². The Morgan fingerprint density at radius 1 is 1.40 bits per heavy atom. The van der Waals surface area contributed by atoms with Gasteiger partial charge in [-0.3, -0.25) is 4.79 Å². The molecule has 0 N–H and O–H groups in total. The van der Waals surface area contributed by atoms with Crippen molar-refractivity contribution in [2.45, 2.75) is 33.7 Å². The lowest BCUT2D eigenvalue weighted by molar-refractivity contribution is -0.137. The number of hydrogen-bond donors (Lipinski definition) is 0. The van der Waals surface area contributed by atoms with Crippen LogP contribution in [0, 0.1) is 18.2 Å². The monoisotopic (exact) mass is 279 g/mol. The molecule has 2 rings (SSSR count). The number of nitrogens with zero attached hydrogens (tertiary/aromatic N) is 1. The first-order chi connectivity index (χ1) is 9.21. The highest BCUT2D eigenvalue weighted by Gasteiger charge is 2.42. The molecule has 1 fully saturated rings. The number of rotatable bonds is 1. The average Bonchev–Trinajstić information content (AvgIpc) is 2.72. The van der Waals surface area contributed by atoms with Gasteiger partial charge in [0, 0.05) is 5.41 Å². The van der Waals surface area contributed by atoms with Crippen LogP contribution in [0.25, 0.3) is 0 Å². The third-order valence-corrected chi connectivity index (χ3v) is 3.30. The lowest BCUT2D eigenvalue weighted by Crippen LogP contribution is -2.41. The third-order valence-electron chi connectivity index (χ3n) is 3.30. The Morgan fingerprint density at radius 2 is 2.05 bits per heavy atom. The van der Waals surface area contributed by atoms with E-state index in [0.717, 1.165) is 4.90 Å². The van der Waals surface area contributed by atoms with Crippen LogP contribution in [0.2, 0.25) is 0 Å². The summed E-state index contributed by atoms with van der Waals surface area (Å²) in [5, 5.41) is 0. The van der Waals surface area contributed by atoms with Gasteiger partial charge in [0.1, 0.15) is 18.5 Å².